The molecule has 3 rings (SSSR count). The van der Waals surface area contributed by atoms with Crippen LogP contribution in [-0.4, -0.2) is 13.6 Å². The summed E-state index contributed by atoms with van der Waals surface area (Å²) in [5.41, 5.74) is 5.65. The van der Waals surface area contributed by atoms with E-state index in [1.165, 1.54) is 37.7 Å². The van der Waals surface area contributed by atoms with Crippen LogP contribution >= 0.6 is 37.2 Å². The maximum absolute atomic E-state index is 3.48. The van der Waals surface area contributed by atoms with Crippen LogP contribution in [0.25, 0.3) is 0 Å². The van der Waals surface area contributed by atoms with Crippen molar-refractivity contribution < 1.29 is 0 Å². The number of benzene rings is 1. The van der Waals surface area contributed by atoms with Gasteiger partial charge in [-0.3, -0.25) is 0 Å². The first kappa shape index (κ1) is 20.9. The van der Waals surface area contributed by atoms with Crippen LogP contribution in [0.1, 0.15) is 76.0 Å². The minimum atomic E-state index is 0.382. The fourth-order valence-corrected chi connectivity index (χ4v) is 5.62. The van der Waals surface area contributed by atoms with E-state index in [0.717, 1.165) is 12.5 Å². The Morgan fingerprint density at radius 3 is 2.54 bits per heavy atom. The van der Waals surface area contributed by atoms with Crippen molar-refractivity contribution in [1.29, 1.82) is 0 Å². The van der Waals surface area contributed by atoms with Crippen molar-refractivity contribution in [2.24, 2.45) is 11.3 Å². The van der Waals surface area contributed by atoms with Crippen molar-refractivity contribution in [2.75, 3.05) is 13.6 Å². The number of fused-ring (bicyclic) bond motifs is 3. The lowest BCUT2D eigenvalue weighted by atomic mass is 9.49. The molecular formula is C21H33I2N. The third-order valence-corrected chi connectivity index (χ3v) is 6.75. The van der Waals surface area contributed by atoms with E-state index in [2.05, 4.69) is 95.5 Å². The van der Waals surface area contributed by atoms with E-state index in [-0.39, 0.29) is 0 Å². The van der Waals surface area contributed by atoms with E-state index in [9.17, 15) is 0 Å². The Kier molecular flexibility index (Phi) is 7.46. The largest absolute Gasteiger partial charge is 0.319 e. The summed E-state index contributed by atoms with van der Waals surface area (Å²) in [4.78, 5) is 0. The Morgan fingerprint density at radius 1 is 1.21 bits per heavy atom. The predicted molar refractivity (Wildman–Crippen MR) is 124 cm³/mol. The van der Waals surface area contributed by atoms with Gasteiger partial charge in [0.15, 0.2) is 0 Å². The smallest absolute Gasteiger partial charge is 0.000513 e. The number of aryl methyl sites for hydroxylation is 1. The molecule has 0 spiro atoms. The van der Waals surface area contributed by atoms with E-state index in [4.69, 9.17) is 0 Å². The van der Waals surface area contributed by atoms with E-state index >= 15 is 0 Å². The second kappa shape index (κ2) is 8.55. The summed E-state index contributed by atoms with van der Waals surface area (Å²) < 4.78 is 0. The van der Waals surface area contributed by atoms with Crippen molar-refractivity contribution >= 4 is 37.2 Å². The molecule has 0 aliphatic heterocycles. The zero-order valence-corrected chi connectivity index (χ0v) is 20.2. The quantitative estimate of drug-likeness (QED) is 0.406. The topological polar surface area (TPSA) is 12.0 Å². The average Bonchev–Trinajstić information content (AvgIpc) is 2.56. The molecule has 0 bridgehead atoms. The van der Waals surface area contributed by atoms with Gasteiger partial charge in [0.2, 0.25) is 0 Å². The average molecular weight is 553 g/mol. The van der Waals surface area contributed by atoms with Crippen LogP contribution in [0.3, 0.4) is 0 Å². The predicted octanol–water partition coefficient (Wildman–Crippen LogP) is 6.81. The van der Waals surface area contributed by atoms with Gasteiger partial charge in [-0.1, -0.05) is 52.3 Å². The molecule has 1 fully saturated rings. The van der Waals surface area contributed by atoms with Gasteiger partial charge in [0.05, 0.1) is 0 Å². The summed E-state index contributed by atoms with van der Waals surface area (Å²) >= 11 is 4.24. The Balaban J connectivity index is 0.00000100. The van der Waals surface area contributed by atoms with Crippen molar-refractivity contribution in [3.8, 4) is 0 Å². The Labute approximate surface area is 172 Å². The van der Waals surface area contributed by atoms with Gasteiger partial charge in [-0.2, -0.15) is 0 Å². The standard InChI is InChI=1S/C21H33N.I2/c1-15(2)16-7-9-18-17(13-16)8-10-19-20(3,14-22-5)11-6-12-21(18,19)4;1-2/h7,9,13,15,19,22H,6,8,10-12,14H2,1-5H3;. The van der Waals surface area contributed by atoms with Crippen molar-refractivity contribution in [3.05, 3.63) is 34.9 Å². The number of rotatable bonds is 3. The Hall–Kier alpha value is 0.640. The summed E-state index contributed by atoms with van der Waals surface area (Å²) in [6.45, 7) is 10.9. The first-order valence-electron chi connectivity index (χ1n) is 9.33. The van der Waals surface area contributed by atoms with Gasteiger partial charge in [0.25, 0.3) is 0 Å². The highest BCUT2D eigenvalue weighted by Crippen LogP contribution is 2.57. The molecule has 2 aliphatic carbocycles. The summed E-state index contributed by atoms with van der Waals surface area (Å²) in [6, 6.07) is 7.37. The fourth-order valence-electron chi connectivity index (χ4n) is 5.62. The van der Waals surface area contributed by atoms with Gasteiger partial charge in [-0.25, -0.2) is 0 Å². The third kappa shape index (κ3) is 3.83. The lowest BCUT2D eigenvalue weighted by molar-refractivity contribution is 0.0273. The minimum Gasteiger partial charge on any atom is -0.319 e. The molecule has 136 valence electrons. The molecule has 2 aliphatic rings. The van der Waals surface area contributed by atoms with Gasteiger partial charge < -0.3 is 5.32 Å². The highest BCUT2D eigenvalue weighted by Gasteiger charge is 2.51. The van der Waals surface area contributed by atoms with Gasteiger partial charge in [-0.15, -0.1) is 0 Å². The normalized spacial score (nSPS) is 31.8. The lowest BCUT2D eigenvalue weighted by Gasteiger charge is -2.55. The van der Waals surface area contributed by atoms with Crippen LogP contribution in [0.15, 0.2) is 18.2 Å². The Bertz CT molecular complexity index is 553. The fraction of sp³-hybridized carbons (Fsp3) is 0.714. The van der Waals surface area contributed by atoms with Crippen LogP contribution in [-0.2, 0) is 11.8 Å². The summed E-state index contributed by atoms with van der Waals surface area (Å²) in [6.07, 6.45) is 6.76. The molecule has 0 heterocycles. The number of halogens is 2. The third-order valence-electron chi connectivity index (χ3n) is 6.75. The van der Waals surface area contributed by atoms with Crippen molar-refractivity contribution in [1.82, 2.24) is 5.32 Å². The van der Waals surface area contributed by atoms with Crippen LogP contribution < -0.4 is 5.32 Å². The summed E-state index contributed by atoms with van der Waals surface area (Å²) in [7, 11) is 2.11. The monoisotopic (exact) mass is 553 g/mol. The lowest BCUT2D eigenvalue weighted by Crippen LogP contribution is -2.52. The van der Waals surface area contributed by atoms with Crippen LogP contribution in [0.4, 0.5) is 0 Å². The molecule has 0 radical (unpaired) electrons. The molecule has 3 atom stereocenters. The summed E-state index contributed by atoms with van der Waals surface area (Å²) in [5.74, 6) is 1.45. The summed E-state index contributed by atoms with van der Waals surface area (Å²) in [5, 5.41) is 3.48. The zero-order valence-electron chi connectivity index (χ0n) is 15.9. The van der Waals surface area contributed by atoms with E-state index in [1.54, 1.807) is 11.1 Å². The minimum absolute atomic E-state index is 0.382. The molecule has 1 N–H and O–H groups in total. The van der Waals surface area contributed by atoms with Crippen molar-refractivity contribution in [3.63, 3.8) is 0 Å². The first-order valence-corrected chi connectivity index (χ1v) is 15.6. The van der Waals surface area contributed by atoms with Gasteiger partial charge in [0.1, 0.15) is 0 Å². The molecule has 3 heteroatoms. The number of hydrogen-bond donors (Lipinski definition) is 1. The SMILES string of the molecule is CNCC1(C)CCCC2(C)c3ccc(C(C)C)cc3CCC12.II. The number of nitrogens with one attached hydrogen (secondary N) is 1. The molecule has 0 aromatic heterocycles. The highest BCUT2D eigenvalue weighted by atomic mass is 128. The molecule has 0 amide bonds. The Morgan fingerprint density at radius 2 is 1.92 bits per heavy atom. The molecule has 1 saturated carbocycles. The molecule has 3 unspecified atom stereocenters. The van der Waals surface area contributed by atoms with Crippen molar-refractivity contribution in [2.45, 2.75) is 71.1 Å². The molecule has 0 saturated heterocycles. The van der Waals surface area contributed by atoms with E-state index in [1.807, 2.05) is 0 Å². The second-order valence-electron chi connectivity index (χ2n) is 8.62. The molecule has 1 aromatic rings. The molecular weight excluding hydrogens is 520 g/mol. The van der Waals surface area contributed by atoms with E-state index < -0.39 is 0 Å². The molecule has 24 heavy (non-hydrogen) atoms. The van der Waals surface area contributed by atoms with E-state index in [0.29, 0.717) is 16.7 Å². The number of hydrogen-bond acceptors (Lipinski definition) is 1. The highest BCUT2D eigenvalue weighted by molar-refractivity contribution is 15.0. The van der Waals surface area contributed by atoms with Crippen LogP contribution in [0, 0.1) is 11.3 Å². The van der Waals surface area contributed by atoms with Gasteiger partial charge >= 0.3 is 0 Å². The first-order chi connectivity index (χ1) is 11.4. The second-order valence-corrected chi connectivity index (χ2v) is 8.62. The van der Waals surface area contributed by atoms with Gasteiger partial charge in [-0.05, 0) is 72.1 Å². The van der Waals surface area contributed by atoms with Crippen LogP contribution in [0.2, 0.25) is 0 Å². The maximum Gasteiger partial charge on any atom is 0.000513 e. The van der Waals surface area contributed by atoms with Gasteiger partial charge in [0, 0.05) is 43.8 Å². The zero-order chi connectivity index (χ0) is 18.0. The molecule has 1 aromatic carbocycles. The molecule has 1 nitrogen and oxygen atoms in total. The van der Waals surface area contributed by atoms with Crippen LogP contribution in [0.5, 0.6) is 0 Å². The maximum atomic E-state index is 3.48.